The molecule has 1 atom stereocenters. The number of hydrogen-bond donors (Lipinski definition) is 0. The maximum Gasteiger partial charge on any atom is 0.306 e. The molecule has 6 heteroatoms. The molecule has 0 bridgehead atoms. The van der Waals surface area contributed by atoms with E-state index < -0.39 is 6.10 Å². The Kier molecular flexibility index (Phi) is 58.4. The van der Waals surface area contributed by atoms with Crippen molar-refractivity contribution >= 4 is 17.9 Å². The summed E-state index contributed by atoms with van der Waals surface area (Å²) in [7, 11) is 0. The van der Waals surface area contributed by atoms with Gasteiger partial charge in [-0.3, -0.25) is 14.4 Å². The fourth-order valence-corrected chi connectivity index (χ4v) is 8.12. The summed E-state index contributed by atoms with van der Waals surface area (Å²) in [5, 5.41) is 0. The molecule has 0 fully saturated rings. The lowest BCUT2D eigenvalue weighted by Crippen LogP contribution is -2.30. The minimum atomic E-state index is -0.792. The van der Waals surface area contributed by atoms with Crippen molar-refractivity contribution in [2.75, 3.05) is 13.2 Å². The zero-order valence-electron chi connectivity index (χ0n) is 48.5. The lowest BCUT2D eigenvalue weighted by molar-refractivity contribution is -0.167. The largest absolute Gasteiger partial charge is 0.462 e. The molecule has 0 spiro atoms. The highest BCUT2D eigenvalue weighted by atomic mass is 16.6. The summed E-state index contributed by atoms with van der Waals surface area (Å²) < 4.78 is 16.8. The third-order valence-electron chi connectivity index (χ3n) is 12.7. The molecule has 0 rings (SSSR count). The van der Waals surface area contributed by atoms with Gasteiger partial charge in [0.15, 0.2) is 6.10 Å². The van der Waals surface area contributed by atoms with E-state index in [4.69, 9.17) is 14.2 Å². The van der Waals surface area contributed by atoms with Gasteiger partial charge in [-0.25, -0.2) is 0 Å². The highest BCUT2D eigenvalue weighted by Crippen LogP contribution is 2.15. The van der Waals surface area contributed by atoms with Crippen LogP contribution < -0.4 is 0 Å². The molecule has 6 nitrogen and oxygen atoms in total. The molecular weight excluding hydrogens is 925 g/mol. The van der Waals surface area contributed by atoms with Gasteiger partial charge in [0, 0.05) is 19.3 Å². The monoisotopic (exact) mass is 1040 g/mol. The Morgan fingerprint density at radius 3 is 0.813 bits per heavy atom. The Hall–Kier alpha value is -4.45. The quantitative estimate of drug-likeness (QED) is 0.0261. The van der Waals surface area contributed by atoms with E-state index in [1.165, 1.54) is 70.6 Å². The van der Waals surface area contributed by atoms with Crippen LogP contribution in [0.5, 0.6) is 0 Å². The summed E-state index contributed by atoms with van der Waals surface area (Å²) >= 11 is 0. The predicted octanol–water partition coefficient (Wildman–Crippen LogP) is 21.0. The molecule has 0 amide bonds. The van der Waals surface area contributed by atoms with Crippen LogP contribution in [0.25, 0.3) is 0 Å². The summed E-state index contributed by atoms with van der Waals surface area (Å²) in [6.45, 7) is 6.37. The van der Waals surface area contributed by atoms with Gasteiger partial charge in [0.1, 0.15) is 13.2 Å². The fraction of sp³-hybridized carbons (Fsp3) is 0.638. The van der Waals surface area contributed by atoms with Gasteiger partial charge in [-0.05, 0) is 116 Å². The smallest absolute Gasteiger partial charge is 0.306 e. The molecule has 0 aliphatic heterocycles. The van der Waals surface area contributed by atoms with Crippen molar-refractivity contribution in [3.8, 4) is 0 Å². The van der Waals surface area contributed by atoms with Crippen LogP contribution in [0.2, 0.25) is 0 Å². The van der Waals surface area contributed by atoms with Gasteiger partial charge < -0.3 is 14.2 Å². The van der Waals surface area contributed by atoms with Crippen LogP contribution in [-0.4, -0.2) is 37.2 Å². The molecule has 0 saturated heterocycles. The Balaban J connectivity index is 4.21. The highest BCUT2D eigenvalue weighted by molar-refractivity contribution is 5.71. The summed E-state index contributed by atoms with van der Waals surface area (Å²) in [5.41, 5.74) is 0. The maximum atomic E-state index is 12.8. The summed E-state index contributed by atoms with van der Waals surface area (Å²) in [6.07, 6.45) is 87.5. The molecule has 0 heterocycles. The van der Waals surface area contributed by atoms with Crippen LogP contribution in [0.15, 0.2) is 134 Å². The van der Waals surface area contributed by atoms with Crippen molar-refractivity contribution in [2.45, 2.75) is 271 Å². The minimum Gasteiger partial charge on any atom is -0.462 e. The van der Waals surface area contributed by atoms with Crippen molar-refractivity contribution in [1.82, 2.24) is 0 Å². The molecule has 0 aromatic carbocycles. The van der Waals surface area contributed by atoms with E-state index in [-0.39, 0.29) is 31.1 Å². The molecule has 0 aliphatic rings. The van der Waals surface area contributed by atoms with E-state index in [1.54, 1.807) is 0 Å². The number of hydrogen-bond acceptors (Lipinski definition) is 6. The fourth-order valence-electron chi connectivity index (χ4n) is 8.12. The highest BCUT2D eigenvalue weighted by Gasteiger charge is 2.19. The van der Waals surface area contributed by atoms with E-state index in [9.17, 15) is 14.4 Å². The first-order valence-corrected chi connectivity index (χ1v) is 30.7. The number of ether oxygens (including phenoxy) is 3. The van der Waals surface area contributed by atoms with Gasteiger partial charge in [0.25, 0.3) is 0 Å². The Morgan fingerprint density at radius 1 is 0.280 bits per heavy atom. The van der Waals surface area contributed by atoms with E-state index in [0.29, 0.717) is 19.3 Å². The van der Waals surface area contributed by atoms with Crippen molar-refractivity contribution in [1.29, 1.82) is 0 Å². The van der Waals surface area contributed by atoms with E-state index in [0.717, 1.165) is 154 Å². The topological polar surface area (TPSA) is 78.9 Å². The van der Waals surface area contributed by atoms with Gasteiger partial charge in [-0.1, -0.05) is 264 Å². The second-order valence-electron chi connectivity index (χ2n) is 19.9. The van der Waals surface area contributed by atoms with E-state index in [1.807, 2.05) is 0 Å². The Labute approximate surface area is 462 Å². The van der Waals surface area contributed by atoms with Crippen molar-refractivity contribution in [2.24, 2.45) is 0 Å². The zero-order chi connectivity index (χ0) is 54.3. The van der Waals surface area contributed by atoms with Gasteiger partial charge in [0.2, 0.25) is 0 Å². The minimum absolute atomic E-state index is 0.0888. The number of rotatable bonds is 54. The van der Waals surface area contributed by atoms with Crippen LogP contribution in [-0.2, 0) is 28.6 Å². The number of unbranched alkanes of at least 4 members (excludes halogenated alkanes) is 21. The van der Waals surface area contributed by atoms with Crippen LogP contribution in [0, 0.1) is 0 Å². The van der Waals surface area contributed by atoms with Gasteiger partial charge >= 0.3 is 17.9 Å². The SMILES string of the molecule is CC/C=C\C/C=C\C/C=C\C/C=C\C/C=C\C/C=C\C/C=C\C/C=C\CCCCCCCCCCC(=O)OCC(COC(=O)CCCCCCCCCCC)OC(=O)CCCCCCC/C=C\C/C=C\C/C=C\CC. The van der Waals surface area contributed by atoms with Crippen molar-refractivity contribution in [3.05, 3.63) is 134 Å². The molecule has 75 heavy (non-hydrogen) atoms. The number of carbonyl (C=O) groups is 3. The molecule has 0 aromatic rings. The first kappa shape index (κ1) is 70.5. The summed E-state index contributed by atoms with van der Waals surface area (Å²) in [5.74, 6) is -0.919. The van der Waals surface area contributed by atoms with E-state index >= 15 is 0 Å². The van der Waals surface area contributed by atoms with Crippen LogP contribution in [0.1, 0.15) is 265 Å². The average molecular weight is 1040 g/mol. The molecule has 0 saturated carbocycles. The Bertz CT molecular complexity index is 1620. The third-order valence-corrected chi connectivity index (χ3v) is 12.7. The van der Waals surface area contributed by atoms with Gasteiger partial charge in [-0.2, -0.15) is 0 Å². The van der Waals surface area contributed by atoms with E-state index in [2.05, 4.69) is 154 Å². The first-order chi connectivity index (χ1) is 37.0. The average Bonchev–Trinajstić information content (AvgIpc) is 3.41. The lowest BCUT2D eigenvalue weighted by Gasteiger charge is -2.18. The maximum absolute atomic E-state index is 12.8. The first-order valence-electron chi connectivity index (χ1n) is 30.7. The predicted molar refractivity (Wildman–Crippen MR) is 325 cm³/mol. The molecule has 0 N–H and O–H groups in total. The van der Waals surface area contributed by atoms with Gasteiger partial charge in [0.05, 0.1) is 0 Å². The Morgan fingerprint density at radius 2 is 0.520 bits per heavy atom. The van der Waals surface area contributed by atoms with Crippen LogP contribution in [0.4, 0.5) is 0 Å². The van der Waals surface area contributed by atoms with Crippen molar-refractivity contribution < 1.29 is 28.6 Å². The molecule has 0 aliphatic carbocycles. The van der Waals surface area contributed by atoms with Crippen LogP contribution in [0.3, 0.4) is 0 Å². The molecule has 0 aromatic heterocycles. The molecular formula is C69H112O6. The second-order valence-corrected chi connectivity index (χ2v) is 19.9. The standard InChI is InChI=1S/C69H112O6/c1-4-7-10-13-16-19-21-23-25-26-27-28-29-30-31-32-33-34-35-36-37-38-39-40-41-42-44-45-47-50-53-56-59-62-68(71)74-65-66(64-73-67(70)61-58-55-52-49-18-15-12-9-6-3)75-69(72)63-60-57-54-51-48-46-43-24-22-20-17-14-11-8-5-2/h7-8,10-11,16-17,19-20,23-25,27-28,30-31,33-34,36-37,39-40,43,66H,4-6,9,12-15,18,21-22,26,29,32,35,38,41-42,44-65H2,1-3H3/b10-7-,11-8-,19-16-,20-17-,25-23-,28-27-,31-30-,34-33-,37-36-,40-39-,43-24-. The number of carbonyl (C=O) groups excluding carboxylic acids is 3. The molecule has 1 unspecified atom stereocenters. The summed E-state index contributed by atoms with van der Waals surface area (Å²) in [6, 6.07) is 0. The normalized spacial score (nSPS) is 13.1. The zero-order valence-corrected chi connectivity index (χ0v) is 48.5. The lowest BCUT2D eigenvalue weighted by atomic mass is 10.1. The molecule has 0 radical (unpaired) electrons. The summed E-state index contributed by atoms with van der Waals surface area (Å²) in [4.78, 5) is 38.1. The number of allylic oxidation sites excluding steroid dienone is 22. The molecule has 424 valence electrons. The third kappa shape index (κ3) is 60.3. The van der Waals surface area contributed by atoms with Gasteiger partial charge in [-0.15, -0.1) is 0 Å². The second kappa shape index (κ2) is 62.1. The van der Waals surface area contributed by atoms with Crippen molar-refractivity contribution in [3.63, 3.8) is 0 Å². The number of esters is 3. The van der Waals surface area contributed by atoms with Crippen LogP contribution >= 0.6 is 0 Å².